The molecule has 1 heterocycles. The van der Waals surface area contributed by atoms with E-state index in [1.54, 1.807) is 26.4 Å². The molecule has 0 aliphatic carbocycles. The van der Waals surface area contributed by atoms with Gasteiger partial charge in [0.15, 0.2) is 4.80 Å². The van der Waals surface area contributed by atoms with Crippen molar-refractivity contribution in [1.29, 1.82) is 0 Å². The lowest BCUT2D eigenvalue weighted by Crippen LogP contribution is -2.20. The first kappa shape index (κ1) is 20.4. The molecule has 0 bridgehead atoms. The molecule has 148 valence electrons. The number of aromatic nitrogens is 1. The number of fused-ring (bicyclic) bond motifs is 1. The van der Waals surface area contributed by atoms with Crippen LogP contribution in [0.25, 0.3) is 10.2 Å². The maximum absolute atomic E-state index is 12.4. The Balaban J connectivity index is 1.87. The molecule has 8 heteroatoms. The summed E-state index contributed by atoms with van der Waals surface area (Å²) >= 11 is 7.71. The summed E-state index contributed by atoms with van der Waals surface area (Å²) < 4.78 is 19.0. The zero-order chi connectivity index (χ0) is 19.9. The maximum atomic E-state index is 12.4. The largest absolute Gasteiger partial charge is 0.495 e. The Morgan fingerprint density at radius 3 is 2.64 bits per heavy atom. The van der Waals surface area contributed by atoms with Crippen LogP contribution in [0.1, 0.15) is 6.42 Å². The normalized spacial score (nSPS) is 11.8. The molecule has 0 N–H and O–H groups in total. The highest BCUT2D eigenvalue weighted by molar-refractivity contribution is 7.17. The average Bonchev–Trinajstić information content (AvgIpc) is 3.06. The number of methoxy groups -OCH3 is 2. The van der Waals surface area contributed by atoms with Crippen LogP contribution in [0, 0.1) is 0 Å². The third kappa shape index (κ3) is 4.73. The van der Waals surface area contributed by atoms with Gasteiger partial charge in [0.1, 0.15) is 17.0 Å². The van der Waals surface area contributed by atoms with Crippen molar-refractivity contribution >= 4 is 39.1 Å². The zero-order valence-corrected chi connectivity index (χ0v) is 17.3. The second-order valence-electron chi connectivity index (χ2n) is 5.87. The number of nitrogens with zero attached hydrogens (tertiary/aromatic N) is 2. The van der Waals surface area contributed by atoms with Gasteiger partial charge in [0.2, 0.25) is 0 Å². The van der Waals surface area contributed by atoms with Crippen molar-refractivity contribution in [3.05, 3.63) is 52.3 Å². The maximum Gasteiger partial charge on any atom is 0.251 e. The van der Waals surface area contributed by atoms with E-state index in [0.717, 1.165) is 16.0 Å². The molecule has 0 saturated carbocycles. The van der Waals surface area contributed by atoms with Crippen LogP contribution in [-0.4, -0.2) is 37.9 Å². The Labute approximate surface area is 171 Å². The van der Waals surface area contributed by atoms with Crippen LogP contribution in [0.15, 0.2) is 47.5 Å². The summed E-state index contributed by atoms with van der Waals surface area (Å²) in [6, 6.07) is 13.0. The second-order valence-corrected chi connectivity index (χ2v) is 7.26. The van der Waals surface area contributed by atoms with E-state index in [1.165, 1.54) is 11.3 Å². The summed E-state index contributed by atoms with van der Waals surface area (Å²) in [5.41, 5.74) is 0.809. The number of thiazole rings is 1. The number of benzene rings is 2. The molecule has 2 aromatic carbocycles. The lowest BCUT2D eigenvalue weighted by molar-refractivity contribution is -0.118. The number of hydrogen-bond acceptors (Lipinski definition) is 5. The fourth-order valence-electron chi connectivity index (χ4n) is 2.70. The quantitative estimate of drug-likeness (QED) is 0.554. The summed E-state index contributed by atoms with van der Waals surface area (Å²) in [5, 5.41) is 0.591. The predicted molar refractivity (Wildman–Crippen MR) is 110 cm³/mol. The van der Waals surface area contributed by atoms with Gasteiger partial charge in [-0.15, -0.1) is 0 Å². The van der Waals surface area contributed by atoms with Gasteiger partial charge in [-0.3, -0.25) is 4.79 Å². The SMILES string of the molecule is COCCn1c(=NC(=O)CCOc2ccccc2)sc2c(Cl)ccc(OC)c21. The Morgan fingerprint density at radius 1 is 1.14 bits per heavy atom. The molecular formula is C20H21ClN2O4S. The van der Waals surface area contributed by atoms with Crippen LogP contribution in [-0.2, 0) is 16.1 Å². The topological polar surface area (TPSA) is 62.1 Å². The molecule has 0 spiro atoms. The standard InChI is InChI=1S/C20H21ClN2O4S/c1-25-13-11-23-18-16(26-2)9-8-15(21)19(18)28-20(23)22-17(24)10-12-27-14-6-4-3-5-7-14/h3-9H,10-13H2,1-2H3. The van der Waals surface area contributed by atoms with Crippen LogP contribution in [0.5, 0.6) is 11.5 Å². The third-order valence-electron chi connectivity index (χ3n) is 4.03. The number of para-hydroxylation sites is 1. The van der Waals surface area contributed by atoms with E-state index in [2.05, 4.69) is 4.99 Å². The number of rotatable bonds is 8. The van der Waals surface area contributed by atoms with E-state index in [0.29, 0.717) is 28.7 Å². The Kier molecular flexibility index (Phi) is 7.08. The van der Waals surface area contributed by atoms with Gasteiger partial charge in [-0.1, -0.05) is 41.1 Å². The van der Waals surface area contributed by atoms with E-state index in [-0.39, 0.29) is 18.9 Å². The summed E-state index contributed by atoms with van der Waals surface area (Å²) in [7, 11) is 3.23. The van der Waals surface area contributed by atoms with Crippen molar-refractivity contribution in [1.82, 2.24) is 4.57 Å². The first-order chi connectivity index (χ1) is 13.6. The molecule has 3 aromatic rings. The van der Waals surface area contributed by atoms with E-state index >= 15 is 0 Å². The molecule has 1 amide bonds. The fraction of sp³-hybridized carbons (Fsp3) is 0.300. The van der Waals surface area contributed by atoms with Gasteiger partial charge in [0, 0.05) is 13.7 Å². The van der Waals surface area contributed by atoms with Crippen molar-refractivity contribution in [2.75, 3.05) is 27.4 Å². The molecular weight excluding hydrogens is 400 g/mol. The van der Waals surface area contributed by atoms with Crippen LogP contribution >= 0.6 is 22.9 Å². The van der Waals surface area contributed by atoms with Gasteiger partial charge < -0.3 is 18.8 Å². The van der Waals surface area contributed by atoms with Crippen molar-refractivity contribution in [2.45, 2.75) is 13.0 Å². The number of ether oxygens (including phenoxy) is 3. The van der Waals surface area contributed by atoms with Crippen molar-refractivity contribution < 1.29 is 19.0 Å². The fourth-order valence-corrected chi connectivity index (χ4v) is 4.06. The van der Waals surface area contributed by atoms with E-state index in [9.17, 15) is 4.79 Å². The van der Waals surface area contributed by atoms with Crippen molar-refractivity contribution in [2.24, 2.45) is 4.99 Å². The van der Waals surface area contributed by atoms with Gasteiger partial charge in [-0.2, -0.15) is 4.99 Å². The van der Waals surface area contributed by atoms with Crippen LogP contribution < -0.4 is 14.3 Å². The molecule has 1 aromatic heterocycles. The van der Waals surface area contributed by atoms with Crippen molar-refractivity contribution in [3.8, 4) is 11.5 Å². The predicted octanol–water partition coefficient (Wildman–Crippen LogP) is 3.91. The summed E-state index contributed by atoms with van der Waals surface area (Å²) in [6.07, 6.45) is 0.179. The Morgan fingerprint density at radius 2 is 1.93 bits per heavy atom. The van der Waals surface area contributed by atoms with E-state index in [4.69, 9.17) is 25.8 Å². The number of hydrogen-bond donors (Lipinski definition) is 0. The molecule has 6 nitrogen and oxygen atoms in total. The minimum absolute atomic E-state index is 0.179. The lowest BCUT2D eigenvalue weighted by Gasteiger charge is -2.08. The summed E-state index contributed by atoms with van der Waals surface area (Å²) in [6.45, 7) is 1.26. The Hall–Kier alpha value is -2.35. The third-order valence-corrected chi connectivity index (χ3v) is 5.57. The van der Waals surface area contributed by atoms with Crippen LogP contribution in [0.2, 0.25) is 5.02 Å². The van der Waals surface area contributed by atoms with Gasteiger partial charge in [0.05, 0.1) is 36.5 Å². The highest BCUT2D eigenvalue weighted by Crippen LogP contribution is 2.33. The van der Waals surface area contributed by atoms with Gasteiger partial charge in [-0.05, 0) is 24.3 Å². The van der Waals surface area contributed by atoms with E-state index < -0.39 is 0 Å². The second kappa shape index (κ2) is 9.73. The molecule has 0 fully saturated rings. The number of halogens is 1. The molecule has 0 aliphatic heterocycles. The molecule has 0 aliphatic rings. The lowest BCUT2D eigenvalue weighted by atomic mass is 10.3. The average molecular weight is 421 g/mol. The first-order valence-corrected chi connectivity index (χ1v) is 9.93. The molecule has 28 heavy (non-hydrogen) atoms. The van der Waals surface area contributed by atoms with Gasteiger partial charge in [0.25, 0.3) is 5.91 Å². The summed E-state index contributed by atoms with van der Waals surface area (Å²) in [4.78, 5) is 17.2. The highest BCUT2D eigenvalue weighted by Gasteiger charge is 2.15. The van der Waals surface area contributed by atoms with Crippen LogP contribution in [0.3, 0.4) is 0 Å². The first-order valence-electron chi connectivity index (χ1n) is 8.74. The number of carbonyl (C=O) groups excluding carboxylic acids is 1. The minimum Gasteiger partial charge on any atom is -0.495 e. The van der Waals surface area contributed by atoms with Crippen molar-refractivity contribution in [3.63, 3.8) is 0 Å². The Bertz CT molecular complexity index is 1010. The smallest absolute Gasteiger partial charge is 0.251 e. The number of carbonyl (C=O) groups is 1. The number of amides is 1. The zero-order valence-electron chi connectivity index (χ0n) is 15.7. The van der Waals surface area contributed by atoms with E-state index in [1.807, 2.05) is 34.9 Å². The highest BCUT2D eigenvalue weighted by atomic mass is 35.5. The molecule has 3 rings (SSSR count). The minimum atomic E-state index is -0.260. The monoisotopic (exact) mass is 420 g/mol. The molecule has 0 radical (unpaired) electrons. The molecule has 0 saturated heterocycles. The molecule has 0 unspecified atom stereocenters. The van der Waals surface area contributed by atoms with Gasteiger partial charge >= 0.3 is 0 Å². The summed E-state index contributed by atoms with van der Waals surface area (Å²) in [5.74, 6) is 1.14. The van der Waals surface area contributed by atoms with Gasteiger partial charge in [-0.25, -0.2) is 0 Å². The van der Waals surface area contributed by atoms with Crippen LogP contribution in [0.4, 0.5) is 0 Å². The molecule has 0 atom stereocenters.